The highest BCUT2D eigenvalue weighted by atomic mass is 32.1. The van der Waals surface area contributed by atoms with Crippen LogP contribution in [0.1, 0.15) is 45.2 Å². The van der Waals surface area contributed by atoms with Crippen molar-refractivity contribution < 1.29 is 37.3 Å². The van der Waals surface area contributed by atoms with Crippen LogP contribution in [0.15, 0.2) is 60.8 Å². The quantitative estimate of drug-likeness (QED) is 0.125. The van der Waals surface area contributed by atoms with Gasteiger partial charge >= 0.3 is 6.18 Å². The number of amides is 1. The van der Waals surface area contributed by atoms with Gasteiger partial charge in [0.05, 0.1) is 35.9 Å². The predicted molar refractivity (Wildman–Crippen MR) is 176 cm³/mol. The van der Waals surface area contributed by atoms with Gasteiger partial charge < -0.3 is 24.3 Å². The molecule has 0 aliphatic rings. The van der Waals surface area contributed by atoms with Gasteiger partial charge in [-0.15, -0.1) is 0 Å². The maximum Gasteiger partial charge on any atom is 0.417 e. The second kappa shape index (κ2) is 19.2. The molecule has 1 N–H and O–H groups in total. The molecule has 46 heavy (non-hydrogen) atoms. The summed E-state index contributed by atoms with van der Waals surface area (Å²) in [5.41, 5.74) is 0.363. The molecule has 0 radical (unpaired) electrons. The molecule has 0 unspecified atom stereocenters. The van der Waals surface area contributed by atoms with Crippen LogP contribution in [-0.4, -0.2) is 67.3 Å². The number of ether oxygens (including phenoxy) is 2. The van der Waals surface area contributed by atoms with Crippen molar-refractivity contribution in [2.45, 2.75) is 45.8 Å². The van der Waals surface area contributed by atoms with E-state index in [0.717, 1.165) is 47.0 Å². The van der Waals surface area contributed by atoms with Crippen LogP contribution in [-0.2, 0) is 20.5 Å². The average molecular weight is 661 g/mol. The highest BCUT2D eigenvalue weighted by Crippen LogP contribution is 2.35. The zero-order valence-electron chi connectivity index (χ0n) is 26.7. The molecule has 0 aliphatic heterocycles. The molecule has 2 aromatic carbocycles. The molecule has 9 nitrogen and oxygen atoms in total. The summed E-state index contributed by atoms with van der Waals surface area (Å²) in [6.45, 7) is 8.27. The van der Waals surface area contributed by atoms with E-state index in [9.17, 15) is 22.8 Å². The largest absolute Gasteiger partial charge is 0.475 e. The first-order valence-corrected chi connectivity index (χ1v) is 14.7. The number of anilines is 2. The number of thiocarbonyl (C=S) groups is 1. The molecule has 0 saturated heterocycles. The Balaban J connectivity index is 0.00000254. The first-order chi connectivity index (χ1) is 21.9. The third kappa shape index (κ3) is 10.6. The number of aliphatic hydroxyl groups excluding tert-OH is 1. The third-order valence-electron chi connectivity index (χ3n) is 6.58. The molecule has 0 aliphatic carbocycles. The van der Waals surface area contributed by atoms with Gasteiger partial charge in [-0.2, -0.15) is 18.4 Å². The smallest absolute Gasteiger partial charge is 0.417 e. The number of aromatic nitrogens is 1. The Kier molecular flexibility index (Phi) is 16.6. The van der Waals surface area contributed by atoms with Gasteiger partial charge in [-0.1, -0.05) is 38.2 Å². The van der Waals surface area contributed by atoms with E-state index in [4.69, 9.17) is 32.1 Å². The van der Waals surface area contributed by atoms with E-state index in [0.29, 0.717) is 37.8 Å². The van der Waals surface area contributed by atoms with Gasteiger partial charge in [0.1, 0.15) is 18.4 Å². The van der Waals surface area contributed by atoms with Crippen LogP contribution in [0.25, 0.3) is 11.1 Å². The Morgan fingerprint density at radius 2 is 1.61 bits per heavy atom. The minimum Gasteiger partial charge on any atom is -0.475 e. The molecule has 0 bridgehead atoms. The van der Waals surface area contributed by atoms with E-state index in [-0.39, 0.29) is 5.69 Å². The minimum atomic E-state index is -4.78. The fraction of sp³-hybridized carbons (Fsp3) is 0.364. The van der Waals surface area contributed by atoms with Crippen LogP contribution < -0.4 is 14.5 Å². The second-order valence-corrected chi connectivity index (χ2v) is 9.80. The Morgan fingerprint density at radius 1 is 1.00 bits per heavy atom. The van der Waals surface area contributed by atoms with Crippen LogP contribution in [0.5, 0.6) is 5.88 Å². The number of hydrogen-bond donors (Lipinski definition) is 1. The minimum absolute atomic E-state index is 0.0940. The molecule has 1 amide bonds. The van der Waals surface area contributed by atoms with Crippen LogP contribution in [0.3, 0.4) is 0 Å². The molecule has 0 atom stereocenters. The van der Waals surface area contributed by atoms with Crippen molar-refractivity contribution in [3.8, 4) is 23.1 Å². The van der Waals surface area contributed by atoms with Crippen molar-refractivity contribution in [1.82, 2.24) is 4.98 Å². The van der Waals surface area contributed by atoms with Crippen molar-refractivity contribution in [2.75, 3.05) is 43.8 Å². The van der Waals surface area contributed by atoms with E-state index < -0.39 is 28.7 Å². The summed E-state index contributed by atoms with van der Waals surface area (Å²) in [6, 6.07) is 15.5. The average Bonchev–Trinajstić information content (AvgIpc) is 3.08. The normalized spacial score (nSPS) is 10.6. The SMILES string of the molecule is CC.CN(c1ccc(-c2ccc(OCCOCCC=O)nc2)cc1)C(C)(C)C(=O)N(C=S)c1ccc(C#N)c(C(F)(F)F)c1.CO. The lowest BCUT2D eigenvalue weighted by Gasteiger charge is -2.38. The van der Waals surface area contributed by atoms with Crippen LogP contribution in [0.4, 0.5) is 24.5 Å². The van der Waals surface area contributed by atoms with Crippen molar-refractivity contribution in [3.05, 3.63) is 71.9 Å². The molecule has 0 fully saturated rings. The highest BCUT2D eigenvalue weighted by molar-refractivity contribution is 7.79. The van der Waals surface area contributed by atoms with Gasteiger partial charge in [0.25, 0.3) is 5.91 Å². The second-order valence-electron chi connectivity index (χ2n) is 9.59. The molecule has 3 rings (SSSR count). The lowest BCUT2D eigenvalue weighted by atomic mass is 9.98. The van der Waals surface area contributed by atoms with Crippen LogP contribution >= 0.6 is 12.2 Å². The van der Waals surface area contributed by atoms with Gasteiger partial charge in [-0.05, 0) is 55.8 Å². The molecule has 3 aromatic rings. The summed E-state index contributed by atoms with van der Waals surface area (Å²) in [4.78, 5) is 30.9. The molecular formula is C33H39F3N4O5S. The summed E-state index contributed by atoms with van der Waals surface area (Å²) in [5, 5.41) is 16.1. The standard InChI is InChI=1S/C30H29F3N4O4S.C2H6.CH4O/c1-29(2,28(39)37(20-42)25-11-7-22(18-34)26(17-25)30(31,32)33)36(3)24-9-5-21(6-10-24)23-8-12-27(35-19-23)41-16-15-40-14-4-13-38;2*1-2/h5-13,17,19-20H,4,14-16H2,1-3H3;1-2H3;2H,1H3. The Hall–Kier alpha value is -4.38. The number of rotatable bonds is 13. The number of hydrogen-bond acceptors (Lipinski definition) is 9. The molecule has 13 heteroatoms. The molecule has 0 saturated carbocycles. The third-order valence-corrected chi connectivity index (χ3v) is 6.79. The predicted octanol–water partition coefficient (Wildman–Crippen LogP) is 6.46. The van der Waals surface area contributed by atoms with Crippen molar-refractivity contribution >= 4 is 41.3 Å². The van der Waals surface area contributed by atoms with Gasteiger partial charge in [-0.3, -0.25) is 9.69 Å². The molecular weight excluding hydrogens is 621 g/mol. The molecule has 1 aromatic heterocycles. The maximum absolute atomic E-state index is 13.6. The van der Waals surface area contributed by atoms with E-state index in [1.165, 1.54) is 12.1 Å². The topological polar surface area (TPSA) is 116 Å². The number of carbonyl (C=O) groups is 2. The van der Waals surface area contributed by atoms with Gasteiger partial charge in [0.15, 0.2) is 0 Å². The number of nitriles is 1. The lowest BCUT2D eigenvalue weighted by molar-refractivity contribution is -0.137. The number of pyridine rings is 1. The summed E-state index contributed by atoms with van der Waals surface area (Å²) in [7, 11) is 2.70. The summed E-state index contributed by atoms with van der Waals surface area (Å²) in [5.74, 6) is -0.127. The number of benzene rings is 2. The number of nitrogens with zero attached hydrogens (tertiary/aromatic N) is 4. The number of alkyl halides is 3. The number of halogens is 3. The Morgan fingerprint density at radius 3 is 2.13 bits per heavy atom. The summed E-state index contributed by atoms with van der Waals surface area (Å²) >= 11 is 5.01. The van der Waals surface area contributed by atoms with Crippen molar-refractivity contribution in [1.29, 1.82) is 5.26 Å². The lowest BCUT2D eigenvalue weighted by Crippen LogP contribution is -2.55. The van der Waals surface area contributed by atoms with Crippen molar-refractivity contribution in [2.24, 2.45) is 0 Å². The number of carbonyl (C=O) groups excluding carboxylic acids is 2. The number of aliphatic hydroxyl groups is 1. The molecule has 248 valence electrons. The van der Waals surface area contributed by atoms with E-state index in [1.807, 2.05) is 44.2 Å². The zero-order chi connectivity index (χ0) is 34.9. The van der Waals surface area contributed by atoms with Gasteiger partial charge in [0.2, 0.25) is 5.88 Å². The molecule has 0 spiro atoms. The zero-order valence-corrected chi connectivity index (χ0v) is 27.5. The molecule has 1 heterocycles. The highest BCUT2D eigenvalue weighted by Gasteiger charge is 2.38. The number of aldehydes is 1. The first-order valence-electron chi connectivity index (χ1n) is 14.2. The van der Waals surface area contributed by atoms with Crippen molar-refractivity contribution in [3.63, 3.8) is 0 Å². The van der Waals surface area contributed by atoms with E-state index in [2.05, 4.69) is 4.98 Å². The van der Waals surface area contributed by atoms with Gasteiger partial charge in [-0.25, -0.2) is 4.98 Å². The fourth-order valence-corrected chi connectivity index (χ4v) is 4.17. The Labute approximate surface area is 273 Å². The Bertz CT molecular complexity index is 1440. The first kappa shape index (κ1) is 39.6. The van der Waals surface area contributed by atoms with E-state index in [1.54, 1.807) is 38.1 Å². The monoisotopic (exact) mass is 660 g/mol. The van der Waals surface area contributed by atoms with Crippen LogP contribution in [0.2, 0.25) is 0 Å². The van der Waals surface area contributed by atoms with Crippen LogP contribution in [0, 0.1) is 11.3 Å². The fourth-order valence-electron chi connectivity index (χ4n) is 3.95. The maximum atomic E-state index is 13.6. The van der Waals surface area contributed by atoms with E-state index >= 15 is 0 Å². The summed E-state index contributed by atoms with van der Waals surface area (Å²) in [6.07, 6.45) is -1.98. The summed E-state index contributed by atoms with van der Waals surface area (Å²) < 4.78 is 51.3. The number of likely N-dealkylation sites (N-methyl/N-ethyl adjacent to an activating group) is 1. The van der Waals surface area contributed by atoms with Gasteiger partial charge in [0, 0.05) is 49.8 Å².